The van der Waals surface area contributed by atoms with E-state index in [9.17, 15) is 4.79 Å². The van der Waals surface area contributed by atoms with E-state index in [2.05, 4.69) is 0 Å². The van der Waals surface area contributed by atoms with E-state index < -0.39 is 16.0 Å². The Morgan fingerprint density at radius 2 is 2.07 bits per heavy atom. The number of thiophene rings is 1. The van der Waals surface area contributed by atoms with Gasteiger partial charge in [-0.1, -0.05) is 46.4 Å². The molecule has 1 aromatic heterocycles. The molecule has 0 amide bonds. The van der Waals surface area contributed by atoms with Crippen LogP contribution in [0.5, 0.6) is 0 Å². The van der Waals surface area contributed by atoms with Crippen molar-refractivity contribution in [1.82, 2.24) is 0 Å². The molecule has 1 saturated heterocycles. The number of carbonyl (C=O) groups is 1. The van der Waals surface area contributed by atoms with E-state index in [4.69, 9.17) is 51.1 Å². The average molecular weight is 306 g/mol. The summed E-state index contributed by atoms with van der Waals surface area (Å²) in [6.45, 7) is 0. The molecule has 0 spiro atoms. The summed E-state index contributed by atoms with van der Waals surface area (Å²) >= 11 is 23.7. The first-order chi connectivity index (χ1) is 6.89. The van der Waals surface area contributed by atoms with Gasteiger partial charge in [-0.3, -0.25) is 4.79 Å². The first kappa shape index (κ1) is 12.0. The largest absolute Gasteiger partial charge is 0.356 e. The fraction of sp³-hybridized carbons (Fsp3) is 0.375. The van der Waals surface area contributed by atoms with E-state index in [1.807, 2.05) is 0 Å². The Labute approximate surface area is 110 Å². The molecule has 0 radical (unpaired) electrons. The molecule has 7 heteroatoms. The van der Waals surface area contributed by atoms with Gasteiger partial charge in [0.15, 0.2) is 6.10 Å². The van der Waals surface area contributed by atoms with Crippen LogP contribution in [0, 0.1) is 0 Å². The molecule has 1 aliphatic rings. The van der Waals surface area contributed by atoms with Crippen LogP contribution in [-0.4, -0.2) is 21.8 Å². The number of epoxide rings is 1. The van der Waals surface area contributed by atoms with Crippen LogP contribution in [0.15, 0.2) is 12.1 Å². The fourth-order valence-electron chi connectivity index (χ4n) is 1.15. The lowest BCUT2D eigenvalue weighted by molar-refractivity contribution is 0.0957. The van der Waals surface area contributed by atoms with E-state index >= 15 is 0 Å². The normalized spacial score (nSPS) is 25.3. The molecule has 1 aliphatic heterocycles. The highest BCUT2D eigenvalue weighted by Crippen LogP contribution is 2.45. The topological polar surface area (TPSA) is 29.6 Å². The van der Waals surface area contributed by atoms with Gasteiger partial charge in [-0.05, 0) is 12.1 Å². The third-order valence-corrected chi connectivity index (χ3v) is 3.78. The number of ether oxygens (including phenoxy) is 1. The minimum absolute atomic E-state index is 0.191. The summed E-state index contributed by atoms with van der Waals surface area (Å²) in [6, 6.07) is 3.28. The lowest BCUT2D eigenvalue weighted by Crippen LogP contribution is -2.19. The van der Waals surface area contributed by atoms with Gasteiger partial charge in [0, 0.05) is 0 Å². The molecule has 2 rings (SSSR count). The summed E-state index contributed by atoms with van der Waals surface area (Å²) in [7, 11) is 0. The Kier molecular flexibility index (Phi) is 3.24. The van der Waals surface area contributed by atoms with Crippen molar-refractivity contribution in [2.45, 2.75) is 16.0 Å². The molecule has 0 saturated carbocycles. The van der Waals surface area contributed by atoms with Crippen molar-refractivity contribution < 1.29 is 9.53 Å². The van der Waals surface area contributed by atoms with Crippen molar-refractivity contribution in [2.24, 2.45) is 0 Å². The van der Waals surface area contributed by atoms with Gasteiger partial charge in [0.2, 0.25) is 9.58 Å². The van der Waals surface area contributed by atoms with Gasteiger partial charge in [0.05, 0.1) is 9.21 Å². The van der Waals surface area contributed by atoms with Crippen molar-refractivity contribution in [3.63, 3.8) is 0 Å². The Bertz CT molecular complexity index is 398. The second-order valence-corrected chi connectivity index (χ2v) is 7.07. The second kappa shape index (κ2) is 4.06. The molecule has 0 aliphatic carbocycles. The molecule has 2 heterocycles. The van der Waals surface area contributed by atoms with Crippen LogP contribution in [0.3, 0.4) is 0 Å². The highest BCUT2D eigenvalue weighted by Gasteiger charge is 2.56. The third-order valence-electron chi connectivity index (χ3n) is 1.89. The van der Waals surface area contributed by atoms with Gasteiger partial charge in [0.1, 0.15) is 6.10 Å². The molecule has 0 bridgehead atoms. The maximum atomic E-state index is 11.7. The van der Waals surface area contributed by atoms with Gasteiger partial charge in [-0.25, -0.2) is 0 Å². The molecule has 0 aromatic carbocycles. The van der Waals surface area contributed by atoms with E-state index in [0.29, 0.717) is 9.21 Å². The van der Waals surface area contributed by atoms with Gasteiger partial charge in [0.25, 0.3) is 0 Å². The molecule has 2 atom stereocenters. The third kappa shape index (κ3) is 2.60. The number of halogens is 4. The Balaban J connectivity index is 2.07. The smallest absolute Gasteiger partial charge is 0.219 e. The summed E-state index contributed by atoms with van der Waals surface area (Å²) in [6.07, 6.45) is -1.32. The summed E-state index contributed by atoms with van der Waals surface area (Å²) in [5.74, 6) is -0.191. The van der Waals surface area contributed by atoms with Crippen molar-refractivity contribution in [3.05, 3.63) is 21.3 Å². The van der Waals surface area contributed by atoms with Crippen LogP contribution in [0.2, 0.25) is 4.34 Å². The Morgan fingerprint density at radius 3 is 2.47 bits per heavy atom. The Morgan fingerprint density at radius 1 is 1.40 bits per heavy atom. The zero-order valence-corrected chi connectivity index (χ0v) is 10.9. The lowest BCUT2D eigenvalue weighted by Gasteiger charge is -2.04. The van der Waals surface area contributed by atoms with E-state index in [0.717, 1.165) is 0 Å². The van der Waals surface area contributed by atoms with Crippen molar-refractivity contribution in [1.29, 1.82) is 0 Å². The summed E-state index contributed by atoms with van der Waals surface area (Å²) < 4.78 is 4.02. The second-order valence-electron chi connectivity index (χ2n) is 2.99. The summed E-state index contributed by atoms with van der Waals surface area (Å²) in [4.78, 5) is 12.2. The summed E-state index contributed by atoms with van der Waals surface area (Å²) in [5, 5.41) is 0. The minimum Gasteiger partial charge on any atom is -0.356 e. The maximum Gasteiger partial charge on any atom is 0.219 e. The average Bonchev–Trinajstić information content (AvgIpc) is 2.82. The number of Topliss-reactive ketones (excluding diaryl/α,β-unsaturated/α-hetero) is 1. The van der Waals surface area contributed by atoms with Crippen LogP contribution in [0.25, 0.3) is 0 Å². The van der Waals surface area contributed by atoms with E-state index in [1.165, 1.54) is 11.3 Å². The SMILES string of the molecule is O=C(c1ccc(Cl)s1)[C@@H]1O[C@@H]1C(Cl)(Cl)Cl. The molecule has 0 N–H and O–H groups in total. The first-order valence-electron chi connectivity index (χ1n) is 3.91. The number of hydrogen-bond donors (Lipinski definition) is 0. The van der Waals surface area contributed by atoms with Gasteiger partial charge < -0.3 is 4.74 Å². The van der Waals surface area contributed by atoms with E-state index in [-0.39, 0.29) is 5.78 Å². The monoisotopic (exact) mass is 304 g/mol. The van der Waals surface area contributed by atoms with Crippen molar-refractivity contribution in [2.75, 3.05) is 0 Å². The molecular formula is C8H4Cl4O2S. The fourth-order valence-corrected chi connectivity index (χ4v) is 2.66. The van der Waals surface area contributed by atoms with Crippen LogP contribution >= 0.6 is 57.7 Å². The molecule has 15 heavy (non-hydrogen) atoms. The zero-order chi connectivity index (χ0) is 11.2. The summed E-state index contributed by atoms with van der Waals surface area (Å²) in [5.41, 5.74) is 0. The minimum atomic E-state index is -1.55. The molecular weight excluding hydrogens is 302 g/mol. The first-order valence-corrected chi connectivity index (χ1v) is 6.24. The zero-order valence-electron chi connectivity index (χ0n) is 7.05. The van der Waals surface area contributed by atoms with Crippen molar-refractivity contribution in [3.8, 4) is 0 Å². The number of alkyl halides is 3. The molecule has 1 fully saturated rings. The van der Waals surface area contributed by atoms with Crippen LogP contribution < -0.4 is 0 Å². The van der Waals surface area contributed by atoms with Crippen LogP contribution in [-0.2, 0) is 4.74 Å². The number of hydrogen-bond acceptors (Lipinski definition) is 3. The van der Waals surface area contributed by atoms with Gasteiger partial charge in [-0.2, -0.15) is 0 Å². The maximum absolute atomic E-state index is 11.7. The highest BCUT2D eigenvalue weighted by molar-refractivity contribution is 7.18. The number of rotatable bonds is 2. The highest BCUT2D eigenvalue weighted by atomic mass is 35.6. The lowest BCUT2D eigenvalue weighted by atomic mass is 10.2. The van der Waals surface area contributed by atoms with E-state index in [1.54, 1.807) is 12.1 Å². The molecule has 0 unspecified atom stereocenters. The van der Waals surface area contributed by atoms with Gasteiger partial charge >= 0.3 is 0 Å². The molecule has 1 aromatic rings. The quantitative estimate of drug-likeness (QED) is 0.473. The predicted octanol–water partition coefficient (Wildman–Crippen LogP) is 3.72. The number of carbonyl (C=O) groups excluding carboxylic acids is 1. The predicted molar refractivity (Wildman–Crippen MR) is 62.6 cm³/mol. The van der Waals surface area contributed by atoms with Crippen LogP contribution in [0.4, 0.5) is 0 Å². The van der Waals surface area contributed by atoms with Crippen molar-refractivity contribution >= 4 is 63.5 Å². The van der Waals surface area contributed by atoms with Gasteiger partial charge in [-0.15, -0.1) is 11.3 Å². The number of ketones is 1. The Hall–Kier alpha value is 0.490. The van der Waals surface area contributed by atoms with Crippen LogP contribution in [0.1, 0.15) is 9.67 Å². The molecule has 82 valence electrons. The standard InChI is InChI=1S/C8H4Cl4O2S/c9-4-2-1-3(15-4)5(13)6-7(14-6)8(10,11)12/h1-2,6-7H/t6-,7-/m0/s1. The molecule has 2 nitrogen and oxygen atoms in total.